The summed E-state index contributed by atoms with van der Waals surface area (Å²) in [5, 5.41) is 7.09. The second-order valence-corrected chi connectivity index (χ2v) is 6.74. The third-order valence-electron chi connectivity index (χ3n) is 3.29. The Labute approximate surface area is 154 Å². The molecule has 0 aliphatic heterocycles. The fourth-order valence-corrected chi connectivity index (χ4v) is 3.26. The molecule has 3 nitrogen and oxygen atoms in total. The summed E-state index contributed by atoms with van der Waals surface area (Å²) in [6, 6.07) is 18.4. The number of anilines is 1. The summed E-state index contributed by atoms with van der Waals surface area (Å²) >= 11 is 7.26. The highest BCUT2D eigenvalue weighted by Gasteiger charge is 1.99. The maximum atomic E-state index is 5.42. The number of ether oxygens (including phenoxy) is 1. The molecule has 0 aliphatic rings. The van der Waals surface area contributed by atoms with Gasteiger partial charge in [-0.25, -0.2) is 0 Å². The van der Waals surface area contributed by atoms with Crippen molar-refractivity contribution in [3.05, 3.63) is 60.2 Å². The zero-order valence-corrected chi connectivity index (χ0v) is 15.6. The standard InChI is InChI=1S/C19H24N2OS2/c1-2-22-18-11-9-17(10-12-18)21-19(23)20-13-6-14-24-15-16-7-4-3-5-8-16/h3-5,7-12H,2,6,13-15H2,1H3,(H2,20,21,23). The molecule has 0 amide bonds. The Morgan fingerprint density at radius 2 is 1.83 bits per heavy atom. The van der Waals surface area contributed by atoms with E-state index in [1.165, 1.54) is 5.56 Å². The summed E-state index contributed by atoms with van der Waals surface area (Å²) in [5.74, 6) is 3.06. The second-order valence-electron chi connectivity index (χ2n) is 5.23. The van der Waals surface area contributed by atoms with Gasteiger partial charge in [0.15, 0.2) is 5.11 Å². The Balaban J connectivity index is 1.56. The number of rotatable bonds is 9. The zero-order chi connectivity index (χ0) is 17.0. The van der Waals surface area contributed by atoms with Crippen LogP contribution in [0.15, 0.2) is 54.6 Å². The van der Waals surface area contributed by atoms with E-state index in [4.69, 9.17) is 17.0 Å². The van der Waals surface area contributed by atoms with Crippen molar-refractivity contribution in [3.63, 3.8) is 0 Å². The lowest BCUT2D eigenvalue weighted by Crippen LogP contribution is -2.29. The molecular weight excluding hydrogens is 336 g/mol. The highest BCUT2D eigenvalue weighted by atomic mass is 32.2. The third kappa shape index (κ3) is 7.23. The van der Waals surface area contributed by atoms with E-state index in [-0.39, 0.29) is 0 Å². The predicted octanol–water partition coefficient (Wildman–Crippen LogP) is 4.70. The van der Waals surface area contributed by atoms with Gasteiger partial charge < -0.3 is 15.4 Å². The van der Waals surface area contributed by atoms with Crippen molar-refractivity contribution in [2.45, 2.75) is 19.1 Å². The fraction of sp³-hybridized carbons (Fsp3) is 0.316. The topological polar surface area (TPSA) is 33.3 Å². The summed E-state index contributed by atoms with van der Waals surface area (Å²) < 4.78 is 5.42. The highest BCUT2D eigenvalue weighted by Crippen LogP contribution is 2.15. The van der Waals surface area contributed by atoms with Gasteiger partial charge in [0.05, 0.1) is 6.61 Å². The average molecular weight is 361 g/mol. The molecule has 0 atom stereocenters. The number of benzene rings is 2. The van der Waals surface area contributed by atoms with Crippen molar-refractivity contribution in [2.75, 3.05) is 24.2 Å². The van der Waals surface area contributed by atoms with E-state index in [0.717, 1.165) is 35.9 Å². The molecule has 128 valence electrons. The number of nitrogens with one attached hydrogen (secondary N) is 2. The molecule has 2 aromatic carbocycles. The van der Waals surface area contributed by atoms with Crippen LogP contribution < -0.4 is 15.4 Å². The van der Waals surface area contributed by atoms with Gasteiger partial charge in [0.25, 0.3) is 0 Å². The minimum Gasteiger partial charge on any atom is -0.494 e. The first-order valence-electron chi connectivity index (χ1n) is 8.17. The molecule has 5 heteroatoms. The van der Waals surface area contributed by atoms with E-state index in [1.807, 2.05) is 43.0 Å². The summed E-state index contributed by atoms with van der Waals surface area (Å²) in [6.45, 7) is 3.53. The SMILES string of the molecule is CCOc1ccc(NC(=S)NCCCSCc2ccccc2)cc1. The van der Waals surface area contributed by atoms with E-state index in [0.29, 0.717) is 11.7 Å². The van der Waals surface area contributed by atoms with Gasteiger partial charge in [0, 0.05) is 18.0 Å². The summed E-state index contributed by atoms with van der Waals surface area (Å²) in [4.78, 5) is 0. The highest BCUT2D eigenvalue weighted by molar-refractivity contribution is 7.98. The molecule has 0 unspecified atom stereocenters. The molecule has 0 radical (unpaired) electrons. The van der Waals surface area contributed by atoms with Crippen LogP contribution in [0.25, 0.3) is 0 Å². The van der Waals surface area contributed by atoms with Crippen molar-refractivity contribution in [1.29, 1.82) is 0 Å². The van der Waals surface area contributed by atoms with Crippen molar-refractivity contribution < 1.29 is 4.74 Å². The van der Waals surface area contributed by atoms with Crippen LogP contribution in [0.4, 0.5) is 5.69 Å². The predicted molar refractivity (Wildman–Crippen MR) is 109 cm³/mol. The lowest BCUT2D eigenvalue weighted by Gasteiger charge is -2.11. The first-order valence-corrected chi connectivity index (χ1v) is 9.73. The molecule has 0 saturated heterocycles. The van der Waals surface area contributed by atoms with Crippen LogP contribution in [0.1, 0.15) is 18.9 Å². The molecule has 0 aromatic heterocycles. The van der Waals surface area contributed by atoms with E-state index in [9.17, 15) is 0 Å². The molecular formula is C19H24N2OS2. The van der Waals surface area contributed by atoms with Gasteiger partial charge in [0.2, 0.25) is 0 Å². The van der Waals surface area contributed by atoms with Gasteiger partial charge in [0.1, 0.15) is 5.75 Å². The summed E-state index contributed by atoms with van der Waals surface area (Å²) in [6.07, 6.45) is 1.09. The maximum absolute atomic E-state index is 5.42. The van der Waals surface area contributed by atoms with Gasteiger partial charge in [-0.3, -0.25) is 0 Å². The lowest BCUT2D eigenvalue weighted by atomic mass is 10.2. The third-order valence-corrected chi connectivity index (χ3v) is 4.65. The molecule has 0 fully saturated rings. The zero-order valence-electron chi connectivity index (χ0n) is 14.0. The molecule has 2 aromatic rings. The quantitative estimate of drug-likeness (QED) is 0.500. The molecule has 24 heavy (non-hydrogen) atoms. The Morgan fingerprint density at radius 3 is 2.54 bits per heavy atom. The molecule has 2 rings (SSSR count). The largest absolute Gasteiger partial charge is 0.494 e. The Morgan fingerprint density at radius 1 is 1.08 bits per heavy atom. The minimum absolute atomic E-state index is 0.659. The Hall–Kier alpha value is -1.72. The maximum Gasteiger partial charge on any atom is 0.170 e. The smallest absolute Gasteiger partial charge is 0.170 e. The fourth-order valence-electron chi connectivity index (χ4n) is 2.12. The van der Waals surface area contributed by atoms with Crippen LogP contribution in [0.2, 0.25) is 0 Å². The van der Waals surface area contributed by atoms with Crippen LogP contribution >= 0.6 is 24.0 Å². The molecule has 0 saturated carbocycles. The van der Waals surface area contributed by atoms with Gasteiger partial charge in [-0.05, 0) is 61.1 Å². The average Bonchev–Trinajstić information content (AvgIpc) is 2.61. The summed E-state index contributed by atoms with van der Waals surface area (Å²) in [5.41, 5.74) is 2.34. The minimum atomic E-state index is 0.659. The van der Waals surface area contributed by atoms with Crippen LogP contribution in [0, 0.1) is 0 Å². The Bertz CT molecular complexity index is 603. The molecule has 0 aliphatic carbocycles. The summed E-state index contributed by atoms with van der Waals surface area (Å²) in [7, 11) is 0. The van der Waals surface area contributed by atoms with E-state index in [2.05, 4.69) is 41.0 Å². The number of hydrogen-bond acceptors (Lipinski definition) is 3. The van der Waals surface area contributed by atoms with Gasteiger partial charge in [-0.2, -0.15) is 11.8 Å². The monoisotopic (exact) mass is 360 g/mol. The van der Waals surface area contributed by atoms with Crippen molar-refractivity contribution in [2.24, 2.45) is 0 Å². The molecule has 0 heterocycles. The first kappa shape index (κ1) is 18.6. The number of thiocarbonyl (C=S) groups is 1. The van der Waals surface area contributed by atoms with Crippen molar-refractivity contribution in [1.82, 2.24) is 5.32 Å². The lowest BCUT2D eigenvalue weighted by molar-refractivity contribution is 0.340. The van der Waals surface area contributed by atoms with Crippen molar-refractivity contribution >= 4 is 34.8 Å². The van der Waals surface area contributed by atoms with E-state index < -0.39 is 0 Å². The van der Waals surface area contributed by atoms with Gasteiger partial charge in [-0.15, -0.1) is 0 Å². The normalized spacial score (nSPS) is 10.2. The van der Waals surface area contributed by atoms with Crippen LogP contribution in [0.3, 0.4) is 0 Å². The molecule has 0 bridgehead atoms. The van der Waals surface area contributed by atoms with Crippen LogP contribution in [-0.4, -0.2) is 24.0 Å². The number of thioether (sulfide) groups is 1. The van der Waals surface area contributed by atoms with Crippen LogP contribution in [0.5, 0.6) is 5.75 Å². The molecule has 2 N–H and O–H groups in total. The van der Waals surface area contributed by atoms with E-state index >= 15 is 0 Å². The number of hydrogen-bond donors (Lipinski definition) is 2. The van der Waals surface area contributed by atoms with E-state index in [1.54, 1.807) is 0 Å². The van der Waals surface area contributed by atoms with Crippen molar-refractivity contribution in [3.8, 4) is 5.75 Å². The van der Waals surface area contributed by atoms with Crippen LogP contribution in [-0.2, 0) is 5.75 Å². The molecule has 0 spiro atoms. The van der Waals surface area contributed by atoms with Gasteiger partial charge >= 0.3 is 0 Å². The van der Waals surface area contributed by atoms with Gasteiger partial charge in [-0.1, -0.05) is 30.3 Å². The second kappa shape index (κ2) is 10.9. The Kier molecular flexibility index (Phi) is 8.49. The first-order chi connectivity index (χ1) is 11.8.